The van der Waals surface area contributed by atoms with Gasteiger partial charge in [0.2, 0.25) is 5.82 Å². The summed E-state index contributed by atoms with van der Waals surface area (Å²) in [5.41, 5.74) is 0. The summed E-state index contributed by atoms with van der Waals surface area (Å²) in [4.78, 5) is 0. The first-order chi connectivity index (χ1) is 7.45. The summed E-state index contributed by atoms with van der Waals surface area (Å²) < 4.78 is 52.3. The second-order valence-electron chi connectivity index (χ2n) is 3.11. The van der Waals surface area contributed by atoms with Gasteiger partial charge >= 0.3 is 0 Å². The standard InChI is InChI=1S/C10H4F4O2/c11-4-2-1-3-5(6(4)12)7(13)10(16)8(14)9(3)15/h1-2,15-16H. The highest BCUT2D eigenvalue weighted by Gasteiger charge is 2.22. The zero-order valence-electron chi connectivity index (χ0n) is 7.56. The Morgan fingerprint density at radius 3 is 2.00 bits per heavy atom. The number of phenolic OH excluding ortho intramolecular Hbond substituents is 2. The molecule has 0 atom stereocenters. The molecule has 6 heteroatoms. The molecule has 2 N–H and O–H groups in total. The highest BCUT2D eigenvalue weighted by atomic mass is 19.2. The lowest BCUT2D eigenvalue weighted by Gasteiger charge is -2.07. The van der Waals surface area contributed by atoms with Crippen LogP contribution in [0.15, 0.2) is 12.1 Å². The van der Waals surface area contributed by atoms with E-state index in [1.165, 1.54) is 0 Å². The fourth-order valence-corrected chi connectivity index (χ4v) is 1.41. The molecule has 0 aliphatic heterocycles. The maximum Gasteiger partial charge on any atom is 0.210 e. The van der Waals surface area contributed by atoms with E-state index < -0.39 is 45.5 Å². The van der Waals surface area contributed by atoms with Crippen molar-refractivity contribution in [3.05, 3.63) is 35.4 Å². The highest BCUT2D eigenvalue weighted by molar-refractivity contribution is 5.91. The Kier molecular flexibility index (Phi) is 2.15. The molecule has 0 aliphatic rings. The number of phenols is 2. The molecule has 2 aromatic rings. The maximum atomic E-state index is 13.3. The van der Waals surface area contributed by atoms with Crippen molar-refractivity contribution in [2.75, 3.05) is 0 Å². The second kappa shape index (κ2) is 3.26. The molecule has 0 saturated heterocycles. The summed E-state index contributed by atoms with van der Waals surface area (Å²) >= 11 is 0. The van der Waals surface area contributed by atoms with Crippen molar-refractivity contribution in [1.29, 1.82) is 0 Å². The average Bonchev–Trinajstić information content (AvgIpc) is 2.27. The Morgan fingerprint density at radius 2 is 1.38 bits per heavy atom. The Balaban J connectivity index is 3.09. The average molecular weight is 232 g/mol. The molecule has 0 heterocycles. The van der Waals surface area contributed by atoms with E-state index in [0.717, 1.165) is 6.07 Å². The largest absolute Gasteiger partial charge is 0.504 e. The maximum absolute atomic E-state index is 13.3. The van der Waals surface area contributed by atoms with Crippen LogP contribution in [0.5, 0.6) is 11.5 Å². The fraction of sp³-hybridized carbons (Fsp3) is 0. The Hall–Kier alpha value is -1.98. The van der Waals surface area contributed by atoms with Crippen LogP contribution in [0.1, 0.15) is 0 Å². The molecule has 0 bridgehead atoms. The number of halogens is 4. The topological polar surface area (TPSA) is 40.5 Å². The summed E-state index contributed by atoms with van der Waals surface area (Å²) in [5, 5.41) is 16.6. The smallest absolute Gasteiger partial charge is 0.210 e. The quantitative estimate of drug-likeness (QED) is 0.685. The molecule has 0 saturated carbocycles. The van der Waals surface area contributed by atoms with E-state index in [0.29, 0.717) is 6.07 Å². The SMILES string of the molecule is Oc1c(F)c(O)c2ccc(F)c(F)c2c1F. The minimum Gasteiger partial charge on any atom is -0.504 e. The lowest BCUT2D eigenvalue weighted by molar-refractivity contribution is 0.371. The molecule has 2 aromatic carbocycles. The van der Waals surface area contributed by atoms with Gasteiger partial charge < -0.3 is 10.2 Å². The van der Waals surface area contributed by atoms with Crippen LogP contribution < -0.4 is 0 Å². The molecule has 2 nitrogen and oxygen atoms in total. The van der Waals surface area contributed by atoms with Crippen molar-refractivity contribution in [1.82, 2.24) is 0 Å². The first kappa shape index (κ1) is 10.5. The van der Waals surface area contributed by atoms with E-state index in [1.807, 2.05) is 0 Å². The second-order valence-corrected chi connectivity index (χ2v) is 3.11. The van der Waals surface area contributed by atoms with Crippen LogP contribution in [-0.2, 0) is 0 Å². The minimum atomic E-state index is -1.65. The summed E-state index contributed by atoms with van der Waals surface area (Å²) in [7, 11) is 0. The molecule has 0 fully saturated rings. The van der Waals surface area contributed by atoms with E-state index in [4.69, 9.17) is 5.11 Å². The summed E-state index contributed by atoms with van der Waals surface area (Å²) in [6.07, 6.45) is 0. The Bertz CT molecular complexity index is 595. The molecular weight excluding hydrogens is 228 g/mol. The van der Waals surface area contributed by atoms with E-state index in [-0.39, 0.29) is 0 Å². The minimum absolute atomic E-state index is 0.549. The molecule has 0 aromatic heterocycles. The van der Waals surface area contributed by atoms with E-state index in [2.05, 4.69) is 0 Å². The van der Waals surface area contributed by atoms with Crippen LogP contribution in [-0.4, -0.2) is 10.2 Å². The van der Waals surface area contributed by atoms with Crippen LogP contribution >= 0.6 is 0 Å². The third-order valence-electron chi connectivity index (χ3n) is 2.19. The number of hydrogen-bond acceptors (Lipinski definition) is 2. The lowest BCUT2D eigenvalue weighted by Crippen LogP contribution is -1.93. The van der Waals surface area contributed by atoms with Crippen molar-refractivity contribution in [2.45, 2.75) is 0 Å². The van der Waals surface area contributed by atoms with Gasteiger partial charge in [-0.05, 0) is 12.1 Å². The first-order valence-corrected chi connectivity index (χ1v) is 4.11. The van der Waals surface area contributed by atoms with Crippen LogP contribution in [0.4, 0.5) is 17.6 Å². The van der Waals surface area contributed by atoms with Crippen LogP contribution in [0.25, 0.3) is 10.8 Å². The van der Waals surface area contributed by atoms with Crippen molar-refractivity contribution in [2.24, 2.45) is 0 Å². The van der Waals surface area contributed by atoms with Gasteiger partial charge in [0.05, 0.1) is 5.39 Å². The number of rotatable bonds is 0. The van der Waals surface area contributed by atoms with Crippen LogP contribution in [0.3, 0.4) is 0 Å². The molecule has 0 spiro atoms. The number of aromatic hydroxyl groups is 2. The lowest BCUT2D eigenvalue weighted by atomic mass is 10.1. The predicted molar refractivity (Wildman–Crippen MR) is 47.1 cm³/mol. The summed E-state index contributed by atoms with van der Waals surface area (Å²) in [6.45, 7) is 0. The monoisotopic (exact) mass is 232 g/mol. The van der Waals surface area contributed by atoms with Gasteiger partial charge in [0.15, 0.2) is 29.0 Å². The first-order valence-electron chi connectivity index (χ1n) is 4.11. The summed E-state index contributed by atoms with van der Waals surface area (Å²) in [6, 6.07) is 1.43. The molecule has 84 valence electrons. The van der Waals surface area contributed by atoms with Crippen molar-refractivity contribution >= 4 is 10.8 Å². The number of fused-ring (bicyclic) bond motifs is 1. The third kappa shape index (κ3) is 1.19. The highest BCUT2D eigenvalue weighted by Crippen LogP contribution is 2.38. The van der Waals surface area contributed by atoms with Gasteiger partial charge in [-0.1, -0.05) is 0 Å². The molecular formula is C10H4F4O2. The molecule has 0 amide bonds. The van der Waals surface area contributed by atoms with Crippen LogP contribution in [0, 0.1) is 23.3 Å². The zero-order valence-corrected chi connectivity index (χ0v) is 7.56. The molecule has 2 rings (SSSR count). The zero-order chi connectivity index (χ0) is 12.0. The molecule has 0 aliphatic carbocycles. The van der Waals surface area contributed by atoms with E-state index in [1.54, 1.807) is 0 Å². The predicted octanol–water partition coefficient (Wildman–Crippen LogP) is 2.81. The summed E-state index contributed by atoms with van der Waals surface area (Å²) in [5.74, 6) is -8.90. The van der Waals surface area contributed by atoms with Gasteiger partial charge in [-0.15, -0.1) is 0 Å². The van der Waals surface area contributed by atoms with Gasteiger partial charge in [-0.2, -0.15) is 4.39 Å². The van der Waals surface area contributed by atoms with E-state index >= 15 is 0 Å². The number of hydrogen-bond donors (Lipinski definition) is 2. The van der Waals surface area contributed by atoms with Gasteiger partial charge in [0.1, 0.15) is 0 Å². The molecule has 0 unspecified atom stereocenters. The Morgan fingerprint density at radius 1 is 0.750 bits per heavy atom. The fourth-order valence-electron chi connectivity index (χ4n) is 1.41. The van der Waals surface area contributed by atoms with Gasteiger partial charge in [-0.25, -0.2) is 13.2 Å². The van der Waals surface area contributed by atoms with Crippen LogP contribution in [0.2, 0.25) is 0 Å². The van der Waals surface area contributed by atoms with E-state index in [9.17, 15) is 22.7 Å². The Labute approximate surface area is 86.4 Å². The van der Waals surface area contributed by atoms with Crippen molar-refractivity contribution in [3.8, 4) is 11.5 Å². The van der Waals surface area contributed by atoms with Gasteiger partial charge in [0, 0.05) is 5.39 Å². The van der Waals surface area contributed by atoms with Gasteiger partial charge in [-0.3, -0.25) is 0 Å². The van der Waals surface area contributed by atoms with Gasteiger partial charge in [0.25, 0.3) is 0 Å². The molecule has 16 heavy (non-hydrogen) atoms. The normalized spacial score (nSPS) is 11.0. The number of benzene rings is 2. The van der Waals surface area contributed by atoms with Crippen molar-refractivity contribution < 1.29 is 27.8 Å². The molecule has 0 radical (unpaired) electrons. The third-order valence-corrected chi connectivity index (χ3v) is 2.19. The van der Waals surface area contributed by atoms with Crippen molar-refractivity contribution in [3.63, 3.8) is 0 Å².